The van der Waals surface area contributed by atoms with E-state index in [9.17, 15) is 4.39 Å². The van der Waals surface area contributed by atoms with Gasteiger partial charge in [-0.15, -0.1) is 0 Å². The Balaban J connectivity index is 2.89. The summed E-state index contributed by atoms with van der Waals surface area (Å²) in [5.74, 6) is -0.255. The molecule has 90 valence electrons. The SMILES string of the molecule is COCC(C)N(C)c1cc(F)cc(CN)c1. The van der Waals surface area contributed by atoms with Crippen LogP contribution in [0.2, 0.25) is 0 Å². The Morgan fingerprint density at radius 1 is 1.44 bits per heavy atom. The number of likely N-dealkylation sites (N-methyl/N-ethyl adjacent to an activating group) is 1. The topological polar surface area (TPSA) is 38.5 Å². The van der Waals surface area contributed by atoms with Crippen molar-refractivity contribution >= 4 is 5.69 Å². The van der Waals surface area contributed by atoms with Gasteiger partial charge in [-0.25, -0.2) is 4.39 Å². The normalized spacial score (nSPS) is 12.6. The molecule has 0 saturated heterocycles. The summed E-state index contributed by atoms with van der Waals surface area (Å²) in [7, 11) is 3.57. The fraction of sp³-hybridized carbons (Fsp3) is 0.500. The number of anilines is 1. The minimum absolute atomic E-state index is 0.192. The number of rotatable bonds is 5. The van der Waals surface area contributed by atoms with Crippen LogP contribution in [0.5, 0.6) is 0 Å². The minimum atomic E-state index is -0.255. The summed E-state index contributed by atoms with van der Waals surface area (Å²) in [6, 6.07) is 5.05. The second-order valence-corrected chi connectivity index (χ2v) is 3.94. The lowest BCUT2D eigenvalue weighted by molar-refractivity contribution is 0.183. The van der Waals surface area contributed by atoms with Gasteiger partial charge >= 0.3 is 0 Å². The molecule has 16 heavy (non-hydrogen) atoms. The van der Waals surface area contributed by atoms with Crippen LogP contribution in [0.15, 0.2) is 18.2 Å². The van der Waals surface area contributed by atoms with E-state index in [0.717, 1.165) is 11.3 Å². The van der Waals surface area contributed by atoms with E-state index >= 15 is 0 Å². The molecule has 1 aromatic carbocycles. The second-order valence-electron chi connectivity index (χ2n) is 3.94. The van der Waals surface area contributed by atoms with Crippen molar-refractivity contribution in [1.29, 1.82) is 0 Å². The Morgan fingerprint density at radius 3 is 2.69 bits per heavy atom. The molecular weight excluding hydrogens is 207 g/mol. The van der Waals surface area contributed by atoms with Crippen LogP contribution in [0.3, 0.4) is 0 Å². The fourth-order valence-corrected chi connectivity index (χ4v) is 1.56. The Kier molecular flexibility index (Phi) is 4.71. The number of hydrogen-bond donors (Lipinski definition) is 1. The first-order valence-corrected chi connectivity index (χ1v) is 5.29. The fourth-order valence-electron chi connectivity index (χ4n) is 1.56. The van der Waals surface area contributed by atoms with E-state index in [4.69, 9.17) is 10.5 Å². The molecule has 0 aromatic heterocycles. The van der Waals surface area contributed by atoms with Crippen LogP contribution in [0, 0.1) is 5.82 Å². The first-order chi connectivity index (χ1) is 7.58. The molecule has 3 nitrogen and oxygen atoms in total. The van der Waals surface area contributed by atoms with Crippen LogP contribution >= 0.6 is 0 Å². The average Bonchev–Trinajstić information content (AvgIpc) is 2.27. The van der Waals surface area contributed by atoms with Gasteiger partial charge in [0, 0.05) is 32.4 Å². The first-order valence-electron chi connectivity index (χ1n) is 5.29. The first kappa shape index (κ1) is 12.9. The lowest BCUT2D eigenvalue weighted by atomic mass is 10.1. The number of nitrogens with two attached hydrogens (primary N) is 1. The van der Waals surface area contributed by atoms with Crippen molar-refractivity contribution in [3.8, 4) is 0 Å². The molecule has 0 bridgehead atoms. The predicted octanol–water partition coefficient (Wildman–Crippen LogP) is 1.76. The summed E-state index contributed by atoms with van der Waals surface area (Å²) < 4.78 is 18.4. The van der Waals surface area contributed by atoms with Gasteiger partial charge in [-0.1, -0.05) is 0 Å². The molecule has 0 saturated carbocycles. The molecular formula is C12H19FN2O. The Bertz CT molecular complexity index is 344. The third-order valence-corrected chi connectivity index (χ3v) is 2.65. The summed E-state index contributed by atoms with van der Waals surface area (Å²) in [5, 5.41) is 0. The van der Waals surface area contributed by atoms with Crippen LogP contribution in [-0.4, -0.2) is 26.8 Å². The number of halogens is 1. The largest absolute Gasteiger partial charge is 0.383 e. The van der Waals surface area contributed by atoms with Crippen molar-refractivity contribution in [2.45, 2.75) is 19.5 Å². The zero-order chi connectivity index (χ0) is 12.1. The Labute approximate surface area is 96.0 Å². The molecule has 0 aliphatic rings. The molecule has 1 unspecified atom stereocenters. The third kappa shape index (κ3) is 3.18. The molecule has 1 atom stereocenters. The number of nitrogens with zero attached hydrogens (tertiary/aromatic N) is 1. The summed E-state index contributed by atoms with van der Waals surface area (Å²) in [6.45, 7) is 2.97. The van der Waals surface area contributed by atoms with E-state index in [1.165, 1.54) is 12.1 Å². The highest BCUT2D eigenvalue weighted by atomic mass is 19.1. The summed E-state index contributed by atoms with van der Waals surface area (Å²) in [5.41, 5.74) is 7.13. The third-order valence-electron chi connectivity index (χ3n) is 2.65. The van der Waals surface area contributed by atoms with Crippen LogP contribution in [-0.2, 0) is 11.3 Å². The van der Waals surface area contributed by atoms with Crippen molar-refractivity contribution in [2.75, 3.05) is 25.7 Å². The number of hydrogen-bond acceptors (Lipinski definition) is 3. The molecule has 2 N–H and O–H groups in total. The summed E-state index contributed by atoms with van der Waals surface area (Å²) in [6.07, 6.45) is 0. The maximum absolute atomic E-state index is 13.3. The summed E-state index contributed by atoms with van der Waals surface area (Å²) in [4.78, 5) is 1.98. The van der Waals surface area contributed by atoms with Gasteiger partial charge in [0.05, 0.1) is 6.61 Å². The molecule has 0 radical (unpaired) electrons. The van der Waals surface area contributed by atoms with Crippen LogP contribution in [0.1, 0.15) is 12.5 Å². The zero-order valence-electron chi connectivity index (χ0n) is 10.0. The van der Waals surface area contributed by atoms with Gasteiger partial charge in [-0.2, -0.15) is 0 Å². The van der Waals surface area contributed by atoms with E-state index in [-0.39, 0.29) is 11.9 Å². The van der Waals surface area contributed by atoms with Gasteiger partial charge in [0.1, 0.15) is 5.82 Å². The highest BCUT2D eigenvalue weighted by molar-refractivity contribution is 5.49. The van der Waals surface area contributed by atoms with E-state index in [1.807, 2.05) is 24.9 Å². The molecule has 0 amide bonds. The maximum Gasteiger partial charge on any atom is 0.125 e. The van der Waals surface area contributed by atoms with E-state index in [0.29, 0.717) is 13.2 Å². The predicted molar refractivity (Wildman–Crippen MR) is 64.0 cm³/mol. The second kappa shape index (κ2) is 5.82. The standard InChI is InChI=1S/C12H19FN2O/c1-9(8-16-3)15(2)12-5-10(7-14)4-11(13)6-12/h4-6,9H,7-8,14H2,1-3H3. The van der Waals surface area contributed by atoms with Crippen LogP contribution in [0.4, 0.5) is 10.1 Å². The monoisotopic (exact) mass is 226 g/mol. The van der Waals surface area contributed by atoms with Crippen molar-refractivity contribution in [2.24, 2.45) is 5.73 Å². The molecule has 0 fully saturated rings. The zero-order valence-corrected chi connectivity index (χ0v) is 10.0. The molecule has 0 heterocycles. The quantitative estimate of drug-likeness (QED) is 0.831. The molecule has 1 aromatic rings. The lowest BCUT2D eigenvalue weighted by Gasteiger charge is -2.26. The molecule has 0 aliphatic heterocycles. The molecule has 4 heteroatoms. The van der Waals surface area contributed by atoms with E-state index in [2.05, 4.69) is 0 Å². The van der Waals surface area contributed by atoms with Gasteiger partial charge < -0.3 is 15.4 Å². The van der Waals surface area contributed by atoms with Gasteiger partial charge in [0.2, 0.25) is 0 Å². The van der Waals surface area contributed by atoms with E-state index < -0.39 is 0 Å². The highest BCUT2D eigenvalue weighted by Crippen LogP contribution is 2.19. The molecule has 0 aliphatic carbocycles. The Hall–Kier alpha value is -1.13. The smallest absolute Gasteiger partial charge is 0.125 e. The van der Waals surface area contributed by atoms with Gasteiger partial charge in [-0.05, 0) is 30.7 Å². The van der Waals surface area contributed by atoms with Crippen molar-refractivity contribution < 1.29 is 9.13 Å². The van der Waals surface area contributed by atoms with Crippen LogP contribution in [0.25, 0.3) is 0 Å². The number of benzene rings is 1. The highest BCUT2D eigenvalue weighted by Gasteiger charge is 2.11. The van der Waals surface area contributed by atoms with Crippen LogP contribution < -0.4 is 10.6 Å². The van der Waals surface area contributed by atoms with E-state index in [1.54, 1.807) is 7.11 Å². The van der Waals surface area contributed by atoms with Gasteiger partial charge in [0.15, 0.2) is 0 Å². The lowest BCUT2D eigenvalue weighted by Crippen LogP contribution is -2.32. The van der Waals surface area contributed by atoms with Gasteiger partial charge in [0.25, 0.3) is 0 Å². The Morgan fingerprint density at radius 2 is 2.12 bits per heavy atom. The molecule has 1 rings (SSSR count). The van der Waals surface area contributed by atoms with Crippen molar-refractivity contribution in [3.63, 3.8) is 0 Å². The summed E-state index contributed by atoms with van der Waals surface area (Å²) >= 11 is 0. The number of methoxy groups -OCH3 is 1. The molecule has 0 spiro atoms. The van der Waals surface area contributed by atoms with Crippen molar-refractivity contribution in [1.82, 2.24) is 0 Å². The maximum atomic E-state index is 13.3. The van der Waals surface area contributed by atoms with Gasteiger partial charge in [-0.3, -0.25) is 0 Å². The van der Waals surface area contributed by atoms with Crippen molar-refractivity contribution in [3.05, 3.63) is 29.6 Å². The minimum Gasteiger partial charge on any atom is -0.383 e. The average molecular weight is 226 g/mol. The number of ether oxygens (including phenoxy) is 1.